The minimum absolute atomic E-state index is 0.110. The van der Waals surface area contributed by atoms with Gasteiger partial charge in [-0.2, -0.15) is 0 Å². The molecule has 170 valence electrons. The molecule has 0 aliphatic heterocycles. The predicted octanol–water partition coefficient (Wildman–Crippen LogP) is 3.25. The first kappa shape index (κ1) is 23.8. The van der Waals surface area contributed by atoms with Crippen LogP contribution in [0.2, 0.25) is 0 Å². The number of halogens is 1. The first-order valence-electron chi connectivity index (χ1n) is 8.96. The number of thioether (sulfide) groups is 1. The van der Waals surface area contributed by atoms with Crippen molar-refractivity contribution in [1.82, 2.24) is 10.2 Å². The lowest BCUT2D eigenvalue weighted by Gasteiger charge is -2.24. The van der Waals surface area contributed by atoms with E-state index in [9.17, 15) is 17.6 Å². The molecule has 0 saturated heterocycles. The number of ether oxygens (including phenoxy) is 2. The molecule has 0 fully saturated rings. The van der Waals surface area contributed by atoms with Crippen LogP contribution < -0.4 is 19.1 Å². The van der Waals surface area contributed by atoms with Gasteiger partial charge in [-0.3, -0.25) is 14.4 Å². The maximum atomic E-state index is 13.5. The number of hydrogen-bond acceptors (Lipinski definition) is 9. The molecular weight excluding hydrogens is 479 g/mol. The maximum Gasteiger partial charge on any atom is 0.264 e. The van der Waals surface area contributed by atoms with Crippen molar-refractivity contribution in [3.63, 3.8) is 0 Å². The van der Waals surface area contributed by atoms with Gasteiger partial charge >= 0.3 is 0 Å². The number of carbonyl (C=O) groups is 1. The van der Waals surface area contributed by atoms with Crippen LogP contribution in [0.5, 0.6) is 11.5 Å². The van der Waals surface area contributed by atoms with Gasteiger partial charge in [-0.15, -0.1) is 10.2 Å². The van der Waals surface area contributed by atoms with E-state index < -0.39 is 28.3 Å². The quantitative estimate of drug-likeness (QED) is 0.354. The standard InChI is InChI=1S/C19H19FN4O5S3/c1-28-15-9-8-14(10-16(15)29-2)32(26,27)24(13-6-4-12(20)5-7-13)11-17(25)21-18-22-23-19(30-3)31-18/h4-10H,11H2,1-3H3,(H,21,22,25). The number of nitrogens with zero attached hydrogens (tertiary/aromatic N) is 3. The number of anilines is 2. The molecule has 0 unspecified atom stereocenters. The zero-order valence-electron chi connectivity index (χ0n) is 17.2. The minimum Gasteiger partial charge on any atom is -0.493 e. The van der Waals surface area contributed by atoms with Crippen molar-refractivity contribution in [2.45, 2.75) is 9.24 Å². The van der Waals surface area contributed by atoms with Crippen LogP contribution in [-0.4, -0.2) is 51.5 Å². The Labute approximate surface area is 192 Å². The van der Waals surface area contributed by atoms with Gasteiger partial charge in [-0.05, 0) is 42.7 Å². The molecule has 0 radical (unpaired) electrons. The molecule has 0 bridgehead atoms. The molecule has 13 heteroatoms. The topological polar surface area (TPSA) is 111 Å². The molecule has 2 aromatic carbocycles. The lowest BCUT2D eigenvalue weighted by Crippen LogP contribution is -2.38. The van der Waals surface area contributed by atoms with Crippen LogP contribution in [0.15, 0.2) is 51.7 Å². The fraction of sp³-hybridized carbons (Fsp3) is 0.211. The van der Waals surface area contributed by atoms with Crippen LogP contribution in [0.25, 0.3) is 0 Å². The second-order valence-corrected chi connectivity index (χ2v) is 10.0. The first-order chi connectivity index (χ1) is 15.3. The van der Waals surface area contributed by atoms with Gasteiger partial charge < -0.3 is 9.47 Å². The Kier molecular flexibility index (Phi) is 7.53. The van der Waals surface area contributed by atoms with Gasteiger partial charge in [0, 0.05) is 6.07 Å². The van der Waals surface area contributed by atoms with Crippen LogP contribution in [0.4, 0.5) is 15.2 Å². The fourth-order valence-corrected chi connectivity index (χ4v) is 5.28. The molecular formula is C19H19FN4O5S3. The Hall–Kier alpha value is -2.90. The Morgan fingerprint density at radius 2 is 1.81 bits per heavy atom. The molecule has 9 nitrogen and oxygen atoms in total. The summed E-state index contributed by atoms with van der Waals surface area (Å²) in [7, 11) is -1.43. The Bertz CT molecular complexity index is 1200. The van der Waals surface area contributed by atoms with Gasteiger partial charge in [0.2, 0.25) is 11.0 Å². The molecule has 0 aliphatic carbocycles. The van der Waals surface area contributed by atoms with Crippen molar-refractivity contribution in [3.05, 3.63) is 48.3 Å². The monoisotopic (exact) mass is 498 g/mol. The summed E-state index contributed by atoms with van der Waals surface area (Å²) in [5.41, 5.74) is 0.110. The first-order valence-corrected chi connectivity index (χ1v) is 12.4. The average molecular weight is 499 g/mol. The third kappa shape index (κ3) is 5.29. The molecule has 32 heavy (non-hydrogen) atoms. The number of rotatable bonds is 9. The normalized spacial score (nSPS) is 11.1. The molecule has 1 aromatic heterocycles. The van der Waals surface area contributed by atoms with E-state index in [1.54, 1.807) is 0 Å². The van der Waals surface area contributed by atoms with E-state index in [1.807, 2.05) is 6.26 Å². The molecule has 1 heterocycles. The van der Waals surface area contributed by atoms with Crippen molar-refractivity contribution in [2.24, 2.45) is 0 Å². The predicted molar refractivity (Wildman–Crippen MR) is 121 cm³/mol. The molecule has 3 rings (SSSR count). The molecule has 0 aliphatic rings. The van der Waals surface area contributed by atoms with E-state index in [2.05, 4.69) is 15.5 Å². The van der Waals surface area contributed by atoms with E-state index in [0.717, 1.165) is 27.8 Å². The Morgan fingerprint density at radius 1 is 1.12 bits per heavy atom. The zero-order chi connectivity index (χ0) is 23.3. The van der Waals surface area contributed by atoms with Gasteiger partial charge in [0.1, 0.15) is 12.4 Å². The summed E-state index contributed by atoms with van der Waals surface area (Å²) in [6.07, 6.45) is 1.82. The lowest BCUT2D eigenvalue weighted by atomic mass is 10.3. The van der Waals surface area contributed by atoms with E-state index in [1.165, 1.54) is 56.3 Å². The summed E-state index contributed by atoms with van der Waals surface area (Å²) in [5.74, 6) is -0.628. The Balaban J connectivity index is 1.96. The molecule has 1 amide bonds. The lowest BCUT2D eigenvalue weighted by molar-refractivity contribution is -0.114. The Morgan fingerprint density at radius 3 is 2.41 bits per heavy atom. The van der Waals surface area contributed by atoms with E-state index in [4.69, 9.17) is 9.47 Å². The van der Waals surface area contributed by atoms with E-state index in [-0.39, 0.29) is 21.5 Å². The van der Waals surface area contributed by atoms with Crippen LogP contribution >= 0.6 is 23.1 Å². The van der Waals surface area contributed by atoms with Crippen molar-refractivity contribution >= 4 is 49.8 Å². The van der Waals surface area contributed by atoms with Crippen molar-refractivity contribution < 1.29 is 27.1 Å². The summed E-state index contributed by atoms with van der Waals surface area (Å²) >= 11 is 2.53. The number of methoxy groups -OCH3 is 2. The van der Waals surface area contributed by atoms with Crippen LogP contribution in [-0.2, 0) is 14.8 Å². The number of benzene rings is 2. The number of nitrogens with one attached hydrogen (secondary N) is 1. The highest BCUT2D eigenvalue weighted by Crippen LogP contribution is 2.32. The number of sulfonamides is 1. The number of hydrogen-bond donors (Lipinski definition) is 1. The summed E-state index contributed by atoms with van der Waals surface area (Å²) in [6.45, 7) is -0.573. The second kappa shape index (κ2) is 10.1. The van der Waals surface area contributed by atoms with Gasteiger partial charge in [0.15, 0.2) is 15.8 Å². The van der Waals surface area contributed by atoms with Gasteiger partial charge in [-0.25, -0.2) is 12.8 Å². The number of amides is 1. The highest BCUT2D eigenvalue weighted by molar-refractivity contribution is 8.00. The largest absolute Gasteiger partial charge is 0.493 e. The highest BCUT2D eigenvalue weighted by Gasteiger charge is 2.28. The number of aromatic nitrogens is 2. The third-order valence-electron chi connectivity index (χ3n) is 4.17. The molecule has 0 spiro atoms. The smallest absolute Gasteiger partial charge is 0.264 e. The molecule has 0 atom stereocenters. The third-order valence-corrected chi connectivity index (χ3v) is 7.76. The number of carbonyl (C=O) groups excluding carboxylic acids is 1. The zero-order valence-corrected chi connectivity index (χ0v) is 19.7. The van der Waals surface area contributed by atoms with Gasteiger partial charge in [0.05, 0.1) is 24.8 Å². The van der Waals surface area contributed by atoms with Gasteiger partial charge in [-0.1, -0.05) is 23.1 Å². The maximum absolute atomic E-state index is 13.5. The van der Waals surface area contributed by atoms with E-state index >= 15 is 0 Å². The van der Waals surface area contributed by atoms with Crippen LogP contribution in [0, 0.1) is 5.82 Å². The van der Waals surface area contributed by atoms with Crippen LogP contribution in [0.3, 0.4) is 0 Å². The van der Waals surface area contributed by atoms with Gasteiger partial charge in [0.25, 0.3) is 10.0 Å². The minimum atomic E-state index is -4.23. The second-order valence-electron chi connectivity index (χ2n) is 6.13. The van der Waals surface area contributed by atoms with E-state index in [0.29, 0.717) is 10.1 Å². The summed E-state index contributed by atoms with van der Waals surface area (Å²) in [5, 5.41) is 10.5. The summed E-state index contributed by atoms with van der Waals surface area (Å²) in [4.78, 5) is 12.5. The van der Waals surface area contributed by atoms with Crippen molar-refractivity contribution in [1.29, 1.82) is 0 Å². The molecule has 0 saturated carbocycles. The molecule has 1 N–H and O–H groups in total. The summed E-state index contributed by atoms with van der Waals surface area (Å²) in [6, 6.07) is 8.84. The van der Waals surface area contributed by atoms with Crippen LogP contribution in [0.1, 0.15) is 0 Å². The SMILES string of the molecule is COc1ccc(S(=O)(=O)N(CC(=O)Nc2nnc(SC)s2)c2ccc(F)cc2)cc1OC. The highest BCUT2D eigenvalue weighted by atomic mass is 32.2. The van der Waals surface area contributed by atoms with Crippen molar-refractivity contribution in [3.8, 4) is 11.5 Å². The average Bonchev–Trinajstić information content (AvgIpc) is 3.25. The summed E-state index contributed by atoms with van der Waals surface area (Å²) < 4.78 is 52.2. The fourth-order valence-electron chi connectivity index (χ4n) is 2.66. The van der Waals surface area contributed by atoms with Crippen molar-refractivity contribution in [2.75, 3.05) is 36.6 Å². The molecule has 3 aromatic rings.